The van der Waals surface area contributed by atoms with Gasteiger partial charge in [0.2, 0.25) is 0 Å². The molecule has 0 saturated heterocycles. The van der Waals surface area contributed by atoms with Crippen molar-refractivity contribution >= 4 is 43.6 Å². The lowest BCUT2D eigenvalue weighted by atomic mass is 9.96. The predicted octanol–water partition coefficient (Wildman–Crippen LogP) is 21.1. The highest BCUT2D eigenvalue weighted by molar-refractivity contribution is 6.15. The number of rotatable bonds is 11. The minimum atomic E-state index is -0.646. The maximum absolute atomic E-state index is 16.6. The second kappa shape index (κ2) is 22.0. The Morgan fingerprint density at radius 1 is 0.258 bits per heavy atom. The Balaban J connectivity index is 1.00. The first-order chi connectivity index (χ1) is 43.9. The average Bonchev–Trinajstić information content (AvgIpc) is 1.74. The fourth-order valence-corrected chi connectivity index (χ4v) is 13.2. The van der Waals surface area contributed by atoms with E-state index in [1.54, 1.807) is 0 Å². The van der Waals surface area contributed by atoms with E-state index in [0.29, 0.717) is 11.1 Å². The minimum Gasteiger partial charge on any atom is -0.307 e. The Morgan fingerprint density at radius 2 is 0.551 bits per heavy atom. The zero-order valence-corrected chi connectivity index (χ0v) is 48.2. The van der Waals surface area contributed by atoms with Gasteiger partial charge in [-0.1, -0.05) is 176 Å². The summed E-state index contributed by atoms with van der Waals surface area (Å²) in [5.41, 5.74) is 21.7. The second-order valence-corrected chi connectivity index (χ2v) is 22.4. The molecule has 6 nitrogen and oxygen atoms in total. The van der Waals surface area contributed by atoms with Gasteiger partial charge in [-0.25, -0.2) is 8.78 Å². The number of nitrogens with zero attached hydrogens (tertiary/aromatic N) is 6. The summed E-state index contributed by atoms with van der Waals surface area (Å²) in [7, 11) is 0. The van der Waals surface area contributed by atoms with Crippen molar-refractivity contribution < 1.29 is 8.78 Å². The van der Waals surface area contributed by atoms with Crippen molar-refractivity contribution in [3.8, 4) is 112 Å². The van der Waals surface area contributed by atoms with Gasteiger partial charge >= 0.3 is 0 Å². The van der Waals surface area contributed by atoms with E-state index >= 15 is 8.78 Å². The van der Waals surface area contributed by atoms with Crippen molar-refractivity contribution in [2.24, 2.45) is 0 Å². The first kappa shape index (κ1) is 52.8. The number of aryl methyl sites for hydroxylation is 1. The fraction of sp³-hybridized carbons (Fsp3) is 0.0123. The van der Waals surface area contributed by atoms with Gasteiger partial charge in [0.1, 0.15) is 11.6 Å². The summed E-state index contributed by atoms with van der Waals surface area (Å²) in [5, 5.41) is 3.97. The molecular weight excluding hydrogens is 1090 g/mol. The van der Waals surface area contributed by atoms with Crippen molar-refractivity contribution in [1.82, 2.24) is 29.1 Å². The molecule has 0 aliphatic rings. The van der Waals surface area contributed by atoms with Crippen molar-refractivity contribution in [1.29, 1.82) is 0 Å². The van der Waals surface area contributed by atoms with Crippen LogP contribution in [0.15, 0.2) is 298 Å². The Morgan fingerprint density at radius 3 is 0.854 bits per heavy atom. The molecule has 0 aliphatic heterocycles. The molecule has 0 unspecified atom stereocenters. The molecule has 16 aromatic rings. The van der Waals surface area contributed by atoms with Gasteiger partial charge in [0.15, 0.2) is 0 Å². The summed E-state index contributed by atoms with van der Waals surface area (Å²) in [6.07, 6.45) is 7.37. The second-order valence-electron chi connectivity index (χ2n) is 22.4. The van der Waals surface area contributed by atoms with Gasteiger partial charge in [-0.05, 0) is 137 Å². The average molecular weight is 1150 g/mol. The van der Waals surface area contributed by atoms with Crippen LogP contribution in [0.2, 0.25) is 0 Å². The van der Waals surface area contributed by atoms with Crippen molar-refractivity contribution in [3.05, 3.63) is 315 Å². The highest BCUT2D eigenvalue weighted by atomic mass is 19.1. The first-order valence-corrected chi connectivity index (χ1v) is 29.7. The van der Waals surface area contributed by atoms with E-state index in [1.165, 1.54) is 18.2 Å². The quantitative estimate of drug-likeness (QED) is 0.129. The highest BCUT2D eigenvalue weighted by Gasteiger charge is 2.26. The lowest BCUT2D eigenvalue weighted by Gasteiger charge is -2.21. The lowest BCUT2D eigenvalue weighted by Crippen LogP contribution is -2.06. The smallest absolute Gasteiger partial charge is 0.133 e. The van der Waals surface area contributed by atoms with E-state index in [9.17, 15) is 0 Å². The van der Waals surface area contributed by atoms with Crippen LogP contribution in [0.4, 0.5) is 8.78 Å². The summed E-state index contributed by atoms with van der Waals surface area (Å²) in [6.45, 7) is 1.94. The number of aromatic nitrogens is 6. The van der Waals surface area contributed by atoms with E-state index in [-0.39, 0.29) is 5.56 Å². The van der Waals surface area contributed by atoms with Gasteiger partial charge in [0, 0.05) is 90.8 Å². The van der Waals surface area contributed by atoms with Gasteiger partial charge < -0.3 is 9.13 Å². The van der Waals surface area contributed by atoms with Gasteiger partial charge in [0.05, 0.1) is 61.8 Å². The molecule has 89 heavy (non-hydrogen) atoms. The number of fused-ring (bicyclic) bond motifs is 6. The highest BCUT2D eigenvalue weighted by Crippen LogP contribution is 2.46. The summed E-state index contributed by atoms with van der Waals surface area (Å²) in [4.78, 5) is 19.9. The predicted molar refractivity (Wildman–Crippen MR) is 360 cm³/mol. The van der Waals surface area contributed by atoms with Crippen LogP contribution in [-0.2, 0) is 0 Å². The summed E-state index contributed by atoms with van der Waals surface area (Å²) < 4.78 is 37.7. The van der Waals surface area contributed by atoms with Crippen LogP contribution in [0, 0.1) is 18.6 Å². The van der Waals surface area contributed by atoms with Crippen LogP contribution in [0.25, 0.3) is 156 Å². The molecule has 0 bridgehead atoms. The zero-order chi connectivity index (χ0) is 59.5. The molecule has 6 aromatic heterocycles. The topological polar surface area (TPSA) is 61.4 Å². The first-order valence-electron chi connectivity index (χ1n) is 29.7. The Kier molecular flexibility index (Phi) is 13.0. The number of pyridine rings is 4. The monoisotopic (exact) mass is 1150 g/mol. The van der Waals surface area contributed by atoms with Crippen LogP contribution < -0.4 is 0 Å². The van der Waals surface area contributed by atoms with Crippen molar-refractivity contribution in [3.63, 3.8) is 0 Å². The zero-order valence-electron chi connectivity index (χ0n) is 48.2. The van der Waals surface area contributed by atoms with E-state index in [1.807, 2.05) is 135 Å². The van der Waals surface area contributed by atoms with E-state index in [4.69, 9.17) is 19.9 Å². The Hall–Kier alpha value is -11.7. The number of hydrogen-bond donors (Lipinski definition) is 0. The number of halogens is 2. The Labute approximate surface area is 512 Å². The van der Waals surface area contributed by atoms with Crippen LogP contribution in [0.5, 0.6) is 0 Å². The molecule has 0 spiro atoms. The molecule has 0 N–H and O–H groups in total. The maximum atomic E-state index is 16.6. The van der Waals surface area contributed by atoms with Crippen molar-refractivity contribution in [2.45, 2.75) is 6.92 Å². The Bertz CT molecular complexity index is 5110. The maximum Gasteiger partial charge on any atom is 0.133 e. The van der Waals surface area contributed by atoms with Gasteiger partial charge in [-0.2, -0.15) is 0 Å². The summed E-state index contributed by atoms with van der Waals surface area (Å²) in [6, 6.07) is 92.3. The number of benzene rings is 10. The molecule has 420 valence electrons. The normalized spacial score (nSPS) is 11.5. The molecule has 0 saturated carbocycles. The molecule has 0 amide bonds. The van der Waals surface area contributed by atoms with Gasteiger partial charge in [0.25, 0.3) is 0 Å². The van der Waals surface area contributed by atoms with E-state index in [0.717, 1.165) is 145 Å². The molecule has 10 aromatic carbocycles. The molecular formula is C81H52F2N6. The van der Waals surface area contributed by atoms with Crippen LogP contribution in [0.3, 0.4) is 0 Å². The van der Waals surface area contributed by atoms with Gasteiger partial charge in [-0.3, -0.25) is 19.9 Å². The molecule has 0 aliphatic carbocycles. The minimum absolute atomic E-state index is 0.0916. The molecule has 0 radical (unpaired) electrons. The van der Waals surface area contributed by atoms with Crippen LogP contribution >= 0.6 is 0 Å². The fourth-order valence-electron chi connectivity index (χ4n) is 13.2. The SMILES string of the molecule is Cc1cc(-n2c3ccc(-c4cccnc4-c4ccccc4)cc3c3cc(-c4cccnc4-c4ccccc4)ccc32)c(-n2c3ccc(-c4cccnc4-c4ccccc4)cc3c3cc(-c4cccnc4-c4ccccc4)ccc32)cc1-c1c(F)cccc1F. The van der Waals surface area contributed by atoms with Gasteiger partial charge in [-0.15, -0.1) is 0 Å². The molecule has 0 fully saturated rings. The van der Waals surface area contributed by atoms with Crippen molar-refractivity contribution in [2.75, 3.05) is 0 Å². The molecule has 16 rings (SSSR count). The third-order valence-electron chi connectivity index (χ3n) is 17.2. The van der Waals surface area contributed by atoms with Crippen LogP contribution in [-0.4, -0.2) is 29.1 Å². The van der Waals surface area contributed by atoms with E-state index in [2.05, 4.69) is 161 Å². The lowest BCUT2D eigenvalue weighted by molar-refractivity contribution is 0.589. The largest absolute Gasteiger partial charge is 0.307 e. The summed E-state index contributed by atoms with van der Waals surface area (Å²) in [5.74, 6) is -1.29. The van der Waals surface area contributed by atoms with Crippen LogP contribution in [0.1, 0.15) is 5.56 Å². The standard InChI is InChI=1S/C81H52F2N6/c1-51-45-75(88-71-37-33-56(60-27-15-41-84-78(60)52-19-6-2-7-20-52)46-65(71)66-47-57(34-38-72(66)88)61-28-16-42-85-79(61)53-21-8-3-9-22-53)76(50-64(51)77-69(82)31-14-32-70(77)83)89-73-39-35-58(62-29-17-43-86-80(62)54-23-10-4-11-24-54)48-67(73)68-49-59(36-40-74(68)89)63-30-18-44-87-81(63)55-25-12-5-13-26-55/h2-50H,1H3. The summed E-state index contributed by atoms with van der Waals surface area (Å²) >= 11 is 0. The molecule has 8 heteroatoms. The third-order valence-corrected chi connectivity index (χ3v) is 17.2. The molecule has 0 atom stereocenters. The molecule has 6 heterocycles. The third kappa shape index (κ3) is 9.16. The number of hydrogen-bond acceptors (Lipinski definition) is 4. The van der Waals surface area contributed by atoms with E-state index < -0.39 is 11.6 Å².